The summed E-state index contributed by atoms with van der Waals surface area (Å²) in [6.45, 7) is 3.51. The van der Waals surface area contributed by atoms with Crippen LogP contribution < -0.4 is 9.62 Å². The van der Waals surface area contributed by atoms with Gasteiger partial charge in [0.25, 0.3) is 10.0 Å². The number of hydrogen-bond donors (Lipinski definition) is 1. The molecule has 1 N–H and O–H groups in total. The third-order valence-corrected chi connectivity index (χ3v) is 7.66. The zero-order valence-corrected chi connectivity index (χ0v) is 19.9. The number of likely N-dealkylation sites (tertiary alicyclic amines) is 1. The number of piperidine rings is 1. The van der Waals surface area contributed by atoms with E-state index in [0.717, 1.165) is 29.6 Å². The number of rotatable bonds is 9. The highest BCUT2D eigenvalue weighted by molar-refractivity contribution is 14.1. The van der Waals surface area contributed by atoms with E-state index in [1.807, 2.05) is 12.1 Å². The molecule has 30 heavy (non-hydrogen) atoms. The molecule has 0 radical (unpaired) electrons. The molecule has 3 rings (SSSR count). The average molecular weight is 541 g/mol. The van der Waals surface area contributed by atoms with Crippen molar-refractivity contribution < 1.29 is 13.2 Å². The first kappa shape index (κ1) is 23.0. The largest absolute Gasteiger partial charge is 0.354 e. The highest BCUT2D eigenvalue weighted by atomic mass is 127. The number of anilines is 1. The highest BCUT2D eigenvalue weighted by Crippen LogP contribution is 2.24. The Morgan fingerprint density at radius 3 is 2.33 bits per heavy atom. The van der Waals surface area contributed by atoms with Crippen LogP contribution in [-0.2, 0) is 14.8 Å². The maximum absolute atomic E-state index is 13.2. The van der Waals surface area contributed by atoms with E-state index in [1.165, 1.54) is 23.6 Å². The molecule has 0 atom stereocenters. The van der Waals surface area contributed by atoms with Crippen LogP contribution in [0.15, 0.2) is 59.5 Å². The Morgan fingerprint density at radius 1 is 1.00 bits per heavy atom. The lowest BCUT2D eigenvalue weighted by Crippen LogP contribution is -2.41. The standard InChI is InChI=1S/C22H28IN3O3S/c23-19-10-12-20(13-11-19)26(30(28,29)21-8-3-1-4-9-21)18-22(27)24-14-7-17-25-15-5-2-6-16-25/h1,3-4,8-13H,2,5-7,14-18H2,(H,24,27). The molecule has 2 aromatic rings. The molecule has 1 aliphatic rings. The minimum atomic E-state index is -3.85. The second-order valence-electron chi connectivity index (χ2n) is 7.41. The maximum atomic E-state index is 13.2. The van der Waals surface area contributed by atoms with Crippen molar-refractivity contribution in [2.75, 3.05) is 37.0 Å². The molecule has 2 aromatic carbocycles. The van der Waals surface area contributed by atoms with Crippen molar-refractivity contribution in [2.45, 2.75) is 30.6 Å². The number of carbonyl (C=O) groups excluding carboxylic acids is 1. The molecule has 1 aliphatic heterocycles. The minimum absolute atomic E-state index is 0.168. The summed E-state index contributed by atoms with van der Waals surface area (Å²) >= 11 is 2.17. The van der Waals surface area contributed by atoms with Crippen molar-refractivity contribution in [3.63, 3.8) is 0 Å². The first-order chi connectivity index (χ1) is 14.5. The molecule has 1 fully saturated rings. The second kappa shape index (κ2) is 11.1. The fraction of sp³-hybridized carbons (Fsp3) is 0.409. The first-order valence-corrected chi connectivity index (χ1v) is 12.8. The van der Waals surface area contributed by atoms with Gasteiger partial charge in [-0.25, -0.2) is 8.42 Å². The summed E-state index contributed by atoms with van der Waals surface area (Å²) in [7, 11) is -3.85. The van der Waals surface area contributed by atoms with Crippen LogP contribution in [0.1, 0.15) is 25.7 Å². The number of nitrogens with one attached hydrogen (secondary N) is 1. The monoisotopic (exact) mass is 541 g/mol. The normalized spacial score (nSPS) is 15.0. The summed E-state index contributed by atoms with van der Waals surface area (Å²) in [5.74, 6) is -0.299. The van der Waals surface area contributed by atoms with Crippen LogP contribution in [0.5, 0.6) is 0 Å². The molecule has 1 saturated heterocycles. The average Bonchev–Trinajstić information content (AvgIpc) is 2.77. The van der Waals surface area contributed by atoms with E-state index < -0.39 is 10.0 Å². The molecule has 0 unspecified atom stereocenters. The Hall–Kier alpha value is -1.65. The van der Waals surface area contributed by atoms with Gasteiger partial charge in [-0.05, 0) is 97.9 Å². The lowest BCUT2D eigenvalue weighted by molar-refractivity contribution is -0.119. The van der Waals surface area contributed by atoms with Gasteiger partial charge in [-0.1, -0.05) is 24.6 Å². The van der Waals surface area contributed by atoms with Crippen LogP contribution in [0, 0.1) is 3.57 Å². The van der Waals surface area contributed by atoms with Gasteiger partial charge in [0.15, 0.2) is 0 Å². The van der Waals surface area contributed by atoms with E-state index in [0.29, 0.717) is 12.2 Å². The summed E-state index contributed by atoms with van der Waals surface area (Å²) < 4.78 is 28.6. The summed E-state index contributed by atoms with van der Waals surface area (Å²) in [4.78, 5) is 15.2. The van der Waals surface area contributed by atoms with Crippen LogP contribution in [-0.4, -0.2) is 51.9 Å². The number of benzene rings is 2. The number of halogens is 1. The summed E-state index contributed by atoms with van der Waals surface area (Å²) in [6, 6.07) is 15.3. The first-order valence-electron chi connectivity index (χ1n) is 10.3. The van der Waals surface area contributed by atoms with Crippen molar-refractivity contribution in [1.29, 1.82) is 0 Å². The molecule has 0 aliphatic carbocycles. The lowest BCUT2D eigenvalue weighted by atomic mass is 10.1. The molecule has 0 bridgehead atoms. The molecule has 0 spiro atoms. The molecule has 8 heteroatoms. The summed E-state index contributed by atoms with van der Waals surface area (Å²) in [5.41, 5.74) is 0.475. The SMILES string of the molecule is O=C(CN(c1ccc(I)cc1)S(=O)(=O)c1ccccc1)NCCCN1CCCCC1. The number of sulfonamides is 1. The number of carbonyl (C=O) groups is 1. The Kier molecular flexibility index (Phi) is 8.52. The van der Waals surface area contributed by atoms with E-state index in [9.17, 15) is 13.2 Å². The van der Waals surface area contributed by atoms with Crippen LogP contribution in [0.25, 0.3) is 0 Å². The Balaban J connectivity index is 1.65. The van der Waals surface area contributed by atoms with Crippen LogP contribution in [0.4, 0.5) is 5.69 Å². The maximum Gasteiger partial charge on any atom is 0.264 e. The molecule has 0 aromatic heterocycles. The smallest absolute Gasteiger partial charge is 0.264 e. The molecule has 0 saturated carbocycles. The highest BCUT2D eigenvalue weighted by Gasteiger charge is 2.27. The van der Waals surface area contributed by atoms with Gasteiger partial charge < -0.3 is 10.2 Å². The molecular formula is C22H28IN3O3S. The van der Waals surface area contributed by atoms with E-state index in [2.05, 4.69) is 32.8 Å². The topological polar surface area (TPSA) is 69.7 Å². The van der Waals surface area contributed by atoms with Crippen molar-refractivity contribution in [2.24, 2.45) is 0 Å². The van der Waals surface area contributed by atoms with E-state index in [-0.39, 0.29) is 17.3 Å². The predicted octanol–water partition coefficient (Wildman–Crippen LogP) is 3.48. The van der Waals surface area contributed by atoms with Crippen molar-refractivity contribution in [3.8, 4) is 0 Å². The molecule has 6 nitrogen and oxygen atoms in total. The number of amides is 1. The van der Waals surface area contributed by atoms with Gasteiger partial charge in [0.2, 0.25) is 5.91 Å². The predicted molar refractivity (Wildman–Crippen MR) is 128 cm³/mol. The second-order valence-corrected chi connectivity index (χ2v) is 10.5. The van der Waals surface area contributed by atoms with Crippen LogP contribution >= 0.6 is 22.6 Å². The lowest BCUT2D eigenvalue weighted by Gasteiger charge is -2.26. The van der Waals surface area contributed by atoms with Gasteiger partial charge in [0.05, 0.1) is 10.6 Å². The van der Waals surface area contributed by atoms with Gasteiger partial charge in [-0.3, -0.25) is 9.10 Å². The fourth-order valence-corrected chi connectivity index (χ4v) is 5.34. The number of hydrogen-bond acceptors (Lipinski definition) is 4. The van der Waals surface area contributed by atoms with Gasteiger partial charge >= 0.3 is 0 Å². The van der Waals surface area contributed by atoms with Crippen molar-refractivity contribution >= 4 is 44.2 Å². The van der Waals surface area contributed by atoms with E-state index >= 15 is 0 Å². The molecule has 1 amide bonds. The van der Waals surface area contributed by atoms with E-state index in [1.54, 1.807) is 42.5 Å². The zero-order valence-electron chi connectivity index (χ0n) is 17.0. The van der Waals surface area contributed by atoms with Crippen LogP contribution in [0.2, 0.25) is 0 Å². The van der Waals surface area contributed by atoms with Gasteiger partial charge in [-0.2, -0.15) is 0 Å². The van der Waals surface area contributed by atoms with Crippen molar-refractivity contribution in [3.05, 3.63) is 58.2 Å². The van der Waals surface area contributed by atoms with Crippen molar-refractivity contribution in [1.82, 2.24) is 10.2 Å². The van der Waals surface area contributed by atoms with Gasteiger partial charge in [-0.15, -0.1) is 0 Å². The van der Waals surface area contributed by atoms with E-state index in [4.69, 9.17) is 0 Å². The Labute approximate surface area is 192 Å². The zero-order chi connectivity index (χ0) is 21.4. The third-order valence-electron chi connectivity index (χ3n) is 5.15. The Morgan fingerprint density at radius 2 is 1.67 bits per heavy atom. The molecular weight excluding hydrogens is 513 g/mol. The summed E-state index contributed by atoms with van der Waals surface area (Å²) in [5, 5.41) is 2.88. The minimum Gasteiger partial charge on any atom is -0.354 e. The fourth-order valence-electron chi connectivity index (χ4n) is 3.54. The third kappa shape index (κ3) is 6.42. The van der Waals surface area contributed by atoms with Gasteiger partial charge in [0, 0.05) is 10.1 Å². The molecule has 162 valence electrons. The number of nitrogens with zero attached hydrogens (tertiary/aromatic N) is 2. The quantitative estimate of drug-likeness (QED) is 0.390. The summed E-state index contributed by atoms with van der Waals surface area (Å²) in [6.07, 6.45) is 4.65. The van der Waals surface area contributed by atoms with Gasteiger partial charge in [0.1, 0.15) is 6.54 Å². The molecule has 1 heterocycles. The van der Waals surface area contributed by atoms with Crippen LogP contribution in [0.3, 0.4) is 0 Å². The Bertz CT molecular complexity index is 914.